The van der Waals surface area contributed by atoms with Crippen LogP contribution in [0.4, 0.5) is 5.82 Å². The minimum absolute atomic E-state index is 0.00858. The molecule has 1 atom stereocenters. The molecule has 0 fully saturated rings. The number of halogens is 1. The molecule has 0 aliphatic rings. The van der Waals surface area contributed by atoms with Gasteiger partial charge in [-0.15, -0.1) is 0 Å². The lowest BCUT2D eigenvalue weighted by Gasteiger charge is -2.14. The van der Waals surface area contributed by atoms with E-state index in [9.17, 15) is 14.7 Å². The minimum atomic E-state index is -1.06. The fourth-order valence-corrected chi connectivity index (χ4v) is 1.88. The summed E-state index contributed by atoms with van der Waals surface area (Å²) in [6.07, 6.45) is 0.332. The first-order chi connectivity index (χ1) is 10.9. The van der Waals surface area contributed by atoms with Crippen LogP contribution in [0.3, 0.4) is 0 Å². The Balaban J connectivity index is 2.01. The second-order valence-corrected chi connectivity index (χ2v) is 5.36. The Morgan fingerprint density at radius 1 is 1.30 bits per heavy atom. The molecule has 6 nitrogen and oxygen atoms in total. The maximum Gasteiger partial charge on any atom is 0.342 e. The molecule has 0 bridgehead atoms. The number of rotatable bonds is 4. The van der Waals surface area contributed by atoms with E-state index in [-0.39, 0.29) is 11.3 Å². The van der Waals surface area contributed by atoms with Crippen LogP contribution in [0.15, 0.2) is 36.5 Å². The van der Waals surface area contributed by atoms with Crippen molar-refractivity contribution in [3.63, 3.8) is 0 Å². The van der Waals surface area contributed by atoms with Gasteiger partial charge in [-0.25, -0.2) is 9.78 Å². The average Bonchev–Trinajstić information content (AvgIpc) is 2.51. The summed E-state index contributed by atoms with van der Waals surface area (Å²) in [5, 5.41) is 12.6. The van der Waals surface area contributed by atoms with Gasteiger partial charge in [0.2, 0.25) is 0 Å². The van der Waals surface area contributed by atoms with Gasteiger partial charge in [0.1, 0.15) is 17.1 Å². The quantitative estimate of drug-likeness (QED) is 0.839. The number of phenolic OH excluding ortho intramolecular Hbond substituents is 1. The molecule has 0 unspecified atom stereocenters. The number of hydrogen-bond donors (Lipinski definition) is 2. The number of benzene rings is 1. The normalized spacial score (nSPS) is 11.6. The fraction of sp³-hybridized carbons (Fsp3) is 0.188. The number of nitrogens with one attached hydrogen (secondary N) is 1. The van der Waals surface area contributed by atoms with Gasteiger partial charge in [0.05, 0.1) is 5.02 Å². The van der Waals surface area contributed by atoms with Crippen molar-refractivity contribution in [2.75, 3.05) is 5.32 Å². The van der Waals surface area contributed by atoms with Gasteiger partial charge in [-0.2, -0.15) is 0 Å². The first kappa shape index (κ1) is 16.8. The molecule has 1 heterocycles. The summed E-state index contributed by atoms with van der Waals surface area (Å²) in [5.74, 6) is -1.23. The number of carbonyl (C=O) groups is 2. The molecule has 2 aromatic rings. The van der Waals surface area contributed by atoms with E-state index in [1.807, 2.05) is 0 Å². The Bertz CT molecular complexity index is 731. The largest absolute Gasteiger partial charge is 0.507 e. The monoisotopic (exact) mass is 334 g/mol. The summed E-state index contributed by atoms with van der Waals surface area (Å²) in [7, 11) is 0. The second-order valence-electron chi connectivity index (χ2n) is 4.92. The Morgan fingerprint density at radius 2 is 2.04 bits per heavy atom. The molecule has 0 saturated heterocycles. The molecule has 2 rings (SSSR count). The standard InChI is InChI=1S/C16H15ClN2O4/c1-9-3-5-13(20)12(7-9)16(22)23-10(2)15(21)19-14-6-4-11(17)8-18-14/h3-8,10,20H,1-2H3,(H,18,19,21)/t10-/m0/s1. The van der Waals surface area contributed by atoms with Crippen LogP contribution >= 0.6 is 11.6 Å². The molecular formula is C16H15ClN2O4. The molecule has 1 aromatic carbocycles. The number of ether oxygens (including phenoxy) is 1. The van der Waals surface area contributed by atoms with Crippen molar-refractivity contribution < 1.29 is 19.4 Å². The number of esters is 1. The van der Waals surface area contributed by atoms with Crippen LogP contribution in [0.2, 0.25) is 5.02 Å². The lowest BCUT2D eigenvalue weighted by atomic mass is 10.1. The number of aryl methyl sites for hydroxylation is 1. The number of carbonyl (C=O) groups excluding carboxylic acids is 2. The molecule has 0 radical (unpaired) electrons. The first-order valence-corrected chi connectivity index (χ1v) is 7.17. The highest BCUT2D eigenvalue weighted by molar-refractivity contribution is 6.30. The summed E-state index contributed by atoms with van der Waals surface area (Å²) >= 11 is 5.71. The second kappa shape index (κ2) is 7.11. The third-order valence-electron chi connectivity index (χ3n) is 3.00. The highest BCUT2D eigenvalue weighted by atomic mass is 35.5. The first-order valence-electron chi connectivity index (χ1n) is 6.80. The van der Waals surface area contributed by atoms with Crippen molar-refractivity contribution in [2.24, 2.45) is 0 Å². The molecular weight excluding hydrogens is 320 g/mol. The van der Waals surface area contributed by atoms with Crippen LogP contribution in [-0.4, -0.2) is 28.1 Å². The molecule has 2 N–H and O–H groups in total. The van der Waals surface area contributed by atoms with Crippen LogP contribution in [0.25, 0.3) is 0 Å². The van der Waals surface area contributed by atoms with E-state index >= 15 is 0 Å². The molecule has 1 aromatic heterocycles. The lowest BCUT2D eigenvalue weighted by molar-refractivity contribution is -0.123. The van der Waals surface area contributed by atoms with Crippen molar-refractivity contribution >= 4 is 29.3 Å². The Kier molecular flexibility index (Phi) is 5.18. The zero-order chi connectivity index (χ0) is 17.0. The van der Waals surface area contributed by atoms with E-state index in [1.54, 1.807) is 19.1 Å². The zero-order valence-electron chi connectivity index (χ0n) is 12.5. The Labute approximate surface area is 138 Å². The van der Waals surface area contributed by atoms with Gasteiger partial charge in [-0.05, 0) is 38.1 Å². The summed E-state index contributed by atoms with van der Waals surface area (Å²) < 4.78 is 5.07. The van der Waals surface area contributed by atoms with Crippen LogP contribution in [-0.2, 0) is 9.53 Å². The van der Waals surface area contributed by atoms with Gasteiger partial charge < -0.3 is 15.2 Å². The van der Waals surface area contributed by atoms with E-state index in [4.69, 9.17) is 16.3 Å². The number of phenols is 1. The molecule has 120 valence electrons. The predicted octanol–water partition coefficient (Wildman–Crippen LogP) is 2.93. The third-order valence-corrected chi connectivity index (χ3v) is 3.23. The van der Waals surface area contributed by atoms with Gasteiger partial charge in [0, 0.05) is 6.20 Å². The Hall–Kier alpha value is -2.60. The summed E-state index contributed by atoms with van der Waals surface area (Å²) in [6.45, 7) is 3.20. The van der Waals surface area contributed by atoms with Gasteiger partial charge >= 0.3 is 5.97 Å². The highest BCUT2D eigenvalue weighted by Crippen LogP contribution is 2.20. The van der Waals surface area contributed by atoms with Crippen LogP contribution in [0.5, 0.6) is 5.75 Å². The number of anilines is 1. The topological polar surface area (TPSA) is 88.5 Å². The van der Waals surface area contributed by atoms with E-state index in [0.717, 1.165) is 5.56 Å². The van der Waals surface area contributed by atoms with E-state index < -0.39 is 18.0 Å². The molecule has 23 heavy (non-hydrogen) atoms. The summed E-state index contributed by atoms with van der Waals surface area (Å²) in [4.78, 5) is 27.9. The summed E-state index contributed by atoms with van der Waals surface area (Å²) in [5.41, 5.74) is 0.798. The molecule has 0 aliphatic heterocycles. The van der Waals surface area contributed by atoms with E-state index in [1.165, 1.54) is 31.3 Å². The van der Waals surface area contributed by atoms with Crippen LogP contribution in [0.1, 0.15) is 22.8 Å². The molecule has 7 heteroatoms. The average molecular weight is 335 g/mol. The van der Waals surface area contributed by atoms with Crippen LogP contribution in [0, 0.1) is 6.92 Å². The SMILES string of the molecule is Cc1ccc(O)c(C(=O)O[C@@H](C)C(=O)Nc2ccc(Cl)cn2)c1. The number of pyridine rings is 1. The highest BCUT2D eigenvalue weighted by Gasteiger charge is 2.21. The summed E-state index contributed by atoms with van der Waals surface area (Å²) in [6, 6.07) is 7.65. The van der Waals surface area contributed by atoms with Crippen molar-refractivity contribution in [1.82, 2.24) is 4.98 Å². The number of amides is 1. The molecule has 0 aliphatic carbocycles. The van der Waals surface area contributed by atoms with Gasteiger partial charge in [-0.1, -0.05) is 23.2 Å². The smallest absolute Gasteiger partial charge is 0.342 e. The van der Waals surface area contributed by atoms with Crippen molar-refractivity contribution in [2.45, 2.75) is 20.0 Å². The van der Waals surface area contributed by atoms with E-state index in [0.29, 0.717) is 10.8 Å². The number of aromatic nitrogens is 1. The number of aromatic hydroxyl groups is 1. The van der Waals surface area contributed by atoms with Gasteiger partial charge in [0.25, 0.3) is 5.91 Å². The molecule has 1 amide bonds. The zero-order valence-corrected chi connectivity index (χ0v) is 13.3. The van der Waals surface area contributed by atoms with E-state index in [2.05, 4.69) is 10.3 Å². The fourth-order valence-electron chi connectivity index (χ4n) is 1.77. The van der Waals surface area contributed by atoms with Crippen molar-refractivity contribution in [3.8, 4) is 5.75 Å². The van der Waals surface area contributed by atoms with Crippen molar-refractivity contribution in [1.29, 1.82) is 0 Å². The maximum absolute atomic E-state index is 12.0. The van der Waals surface area contributed by atoms with Crippen molar-refractivity contribution in [3.05, 3.63) is 52.7 Å². The minimum Gasteiger partial charge on any atom is -0.507 e. The van der Waals surface area contributed by atoms with Gasteiger partial charge in [-0.3, -0.25) is 4.79 Å². The number of hydrogen-bond acceptors (Lipinski definition) is 5. The molecule has 0 saturated carbocycles. The number of nitrogens with zero attached hydrogens (tertiary/aromatic N) is 1. The lowest BCUT2D eigenvalue weighted by Crippen LogP contribution is -2.30. The van der Waals surface area contributed by atoms with Crippen LogP contribution < -0.4 is 5.32 Å². The predicted molar refractivity (Wildman–Crippen MR) is 85.6 cm³/mol. The maximum atomic E-state index is 12.0. The molecule has 0 spiro atoms. The third kappa shape index (κ3) is 4.43. The Morgan fingerprint density at radius 3 is 2.70 bits per heavy atom. The van der Waals surface area contributed by atoms with Gasteiger partial charge in [0.15, 0.2) is 6.10 Å².